The summed E-state index contributed by atoms with van der Waals surface area (Å²) in [5.41, 5.74) is 4.48. The summed E-state index contributed by atoms with van der Waals surface area (Å²) in [6, 6.07) is 22.5. The maximum absolute atomic E-state index is 4.02. The number of rotatable bonds is 4. The van der Waals surface area contributed by atoms with Gasteiger partial charge in [-0.25, -0.2) is 0 Å². The molecule has 0 unspecified atom stereocenters. The zero-order chi connectivity index (χ0) is 14.3. The molecule has 0 bridgehead atoms. The van der Waals surface area contributed by atoms with Crippen LogP contribution >= 0.6 is 0 Å². The van der Waals surface area contributed by atoms with Gasteiger partial charge in [-0.2, -0.15) is 0 Å². The van der Waals surface area contributed by atoms with Gasteiger partial charge in [0.05, 0.1) is 0 Å². The summed E-state index contributed by atoms with van der Waals surface area (Å²) in [6.07, 6.45) is 7.79. The highest BCUT2D eigenvalue weighted by atomic mass is 14.9. The molecule has 2 heteroatoms. The van der Waals surface area contributed by atoms with Crippen LogP contribution in [-0.2, 0) is 0 Å². The van der Waals surface area contributed by atoms with Crippen molar-refractivity contribution in [2.45, 2.75) is 0 Å². The minimum atomic E-state index is 1.08. The zero-order valence-electron chi connectivity index (χ0n) is 11.6. The van der Waals surface area contributed by atoms with Crippen molar-refractivity contribution in [3.8, 4) is 0 Å². The molecular weight excluding hydrogens is 256 g/mol. The number of benzene rings is 2. The summed E-state index contributed by atoms with van der Waals surface area (Å²) in [4.78, 5) is 4.02. The largest absolute Gasteiger partial charge is 0.356 e. The third kappa shape index (κ3) is 3.80. The van der Waals surface area contributed by atoms with Crippen molar-refractivity contribution in [1.29, 1.82) is 0 Å². The van der Waals surface area contributed by atoms with Crippen LogP contribution in [0.15, 0.2) is 79.1 Å². The molecule has 0 atom stereocenters. The average molecular weight is 272 g/mol. The second-order valence-corrected chi connectivity index (χ2v) is 4.73. The van der Waals surface area contributed by atoms with E-state index in [1.165, 1.54) is 0 Å². The molecule has 2 aromatic carbocycles. The predicted molar refractivity (Wildman–Crippen MR) is 89.3 cm³/mol. The van der Waals surface area contributed by atoms with Crippen molar-refractivity contribution in [2.24, 2.45) is 0 Å². The van der Waals surface area contributed by atoms with E-state index < -0.39 is 0 Å². The lowest BCUT2D eigenvalue weighted by molar-refractivity contribution is 1.32. The van der Waals surface area contributed by atoms with Crippen molar-refractivity contribution in [3.05, 3.63) is 90.3 Å². The summed E-state index contributed by atoms with van der Waals surface area (Å²) >= 11 is 0. The number of nitrogens with one attached hydrogen (secondary N) is 1. The lowest BCUT2D eigenvalue weighted by Crippen LogP contribution is -1.89. The Bertz CT molecular complexity index is 719. The summed E-state index contributed by atoms with van der Waals surface area (Å²) in [6.45, 7) is 0. The minimum Gasteiger partial charge on any atom is -0.356 e. The van der Waals surface area contributed by atoms with E-state index in [9.17, 15) is 0 Å². The molecule has 0 saturated carbocycles. The first-order chi connectivity index (χ1) is 10.4. The minimum absolute atomic E-state index is 1.08. The smallest absolute Gasteiger partial charge is 0.0390 e. The van der Waals surface area contributed by atoms with Gasteiger partial charge in [0.25, 0.3) is 0 Å². The van der Waals surface area contributed by atoms with Gasteiger partial charge < -0.3 is 5.32 Å². The highest BCUT2D eigenvalue weighted by molar-refractivity contribution is 5.72. The number of hydrogen-bond donors (Lipinski definition) is 1. The van der Waals surface area contributed by atoms with Gasteiger partial charge in [-0.1, -0.05) is 42.5 Å². The highest BCUT2D eigenvalue weighted by Crippen LogP contribution is 2.18. The van der Waals surface area contributed by atoms with Gasteiger partial charge in [0.15, 0.2) is 0 Å². The fourth-order valence-electron chi connectivity index (χ4n) is 2.08. The first kappa shape index (κ1) is 13.1. The van der Waals surface area contributed by atoms with Gasteiger partial charge in [0.2, 0.25) is 0 Å². The van der Waals surface area contributed by atoms with Crippen molar-refractivity contribution in [1.82, 2.24) is 4.98 Å². The number of pyridine rings is 1. The van der Waals surface area contributed by atoms with Gasteiger partial charge in [-0.3, -0.25) is 4.98 Å². The van der Waals surface area contributed by atoms with Crippen LogP contribution in [0.3, 0.4) is 0 Å². The second-order valence-electron chi connectivity index (χ2n) is 4.73. The molecule has 1 N–H and O–H groups in total. The number of anilines is 2. The van der Waals surface area contributed by atoms with E-state index in [1.54, 1.807) is 12.4 Å². The van der Waals surface area contributed by atoms with Gasteiger partial charge in [-0.05, 0) is 47.5 Å². The van der Waals surface area contributed by atoms with E-state index in [1.807, 2.05) is 30.3 Å². The van der Waals surface area contributed by atoms with Crippen LogP contribution in [0.5, 0.6) is 0 Å². The van der Waals surface area contributed by atoms with Crippen molar-refractivity contribution < 1.29 is 0 Å². The Kier molecular flexibility index (Phi) is 4.08. The van der Waals surface area contributed by atoms with Gasteiger partial charge in [-0.15, -0.1) is 0 Å². The summed E-state index contributed by atoms with van der Waals surface area (Å²) in [7, 11) is 0. The Morgan fingerprint density at radius 2 is 1.38 bits per heavy atom. The average Bonchev–Trinajstić information content (AvgIpc) is 2.55. The Morgan fingerprint density at radius 3 is 2.19 bits per heavy atom. The molecule has 1 aromatic heterocycles. The normalized spacial score (nSPS) is 10.7. The molecule has 0 saturated heterocycles. The molecule has 0 fully saturated rings. The zero-order valence-corrected chi connectivity index (χ0v) is 11.6. The Balaban J connectivity index is 1.76. The van der Waals surface area contributed by atoms with E-state index in [-0.39, 0.29) is 0 Å². The first-order valence-electron chi connectivity index (χ1n) is 6.90. The van der Waals surface area contributed by atoms with Crippen molar-refractivity contribution >= 4 is 23.5 Å². The van der Waals surface area contributed by atoms with Crippen molar-refractivity contribution in [3.63, 3.8) is 0 Å². The molecule has 3 aromatic rings. The van der Waals surface area contributed by atoms with Crippen LogP contribution in [0.25, 0.3) is 12.2 Å². The van der Waals surface area contributed by atoms with E-state index >= 15 is 0 Å². The van der Waals surface area contributed by atoms with Crippen LogP contribution in [0, 0.1) is 0 Å². The quantitative estimate of drug-likeness (QED) is 0.723. The van der Waals surface area contributed by atoms with E-state index in [4.69, 9.17) is 0 Å². The molecule has 0 aliphatic carbocycles. The molecule has 1 heterocycles. The Morgan fingerprint density at radius 1 is 0.667 bits per heavy atom. The van der Waals surface area contributed by atoms with E-state index in [0.29, 0.717) is 0 Å². The number of para-hydroxylation sites is 1. The third-order valence-corrected chi connectivity index (χ3v) is 3.12. The molecule has 102 valence electrons. The molecule has 0 spiro atoms. The van der Waals surface area contributed by atoms with Crippen LogP contribution in [0.4, 0.5) is 11.4 Å². The van der Waals surface area contributed by atoms with Crippen LogP contribution in [0.1, 0.15) is 11.1 Å². The Labute approximate surface area is 124 Å². The van der Waals surface area contributed by atoms with Crippen LogP contribution in [-0.4, -0.2) is 4.98 Å². The fraction of sp³-hybridized carbons (Fsp3) is 0. The first-order valence-corrected chi connectivity index (χ1v) is 6.90. The molecule has 21 heavy (non-hydrogen) atoms. The second kappa shape index (κ2) is 6.53. The molecule has 0 aliphatic rings. The predicted octanol–water partition coefficient (Wildman–Crippen LogP) is 5.00. The number of aromatic nitrogens is 1. The van der Waals surface area contributed by atoms with E-state index in [0.717, 1.165) is 22.5 Å². The standard InChI is InChI=1S/C19H16N2/c1-2-6-18(7-3-1)21-19-8-4-5-17(15-19)10-9-16-11-13-20-14-12-16/h1-15,21H/b10-9+. The molecule has 3 rings (SSSR count). The third-order valence-electron chi connectivity index (χ3n) is 3.12. The summed E-state index contributed by atoms with van der Waals surface area (Å²) in [5, 5.41) is 3.40. The molecule has 2 nitrogen and oxygen atoms in total. The number of nitrogens with zero attached hydrogens (tertiary/aromatic N) is 1. The summed E-state index contributed by atoms with van der Waals surface area (Å²) in [5.74, 6) is 0. The fourth-order valence-corrected chi connectivity index (χ4v) is 2.08. The summed E-state index contributed by atoms with van der Waals surface area (Å²) < 4.78 is 0. The van der Waals surface area contributed by atoms with Gasteiger partial charge in [0, 0.05) is 23.8 Å². The Hall–Kier alpha value is -2.87. The molecule has 0 amide bonds. The van der Waals surface area contributed by atoms with Gasteiger partial charge in [0.1, 0.15) is 0 Å². The van der Waals surface area contributed by atoms with Crippen molar-refractivity contribution in [2.75, 3.05) is 5.32 Å². The lowest BCUT2D eigenvalue weighted by atomic mass is 10.1. The SMILES string of the molecule is C(=C\c1cccc(Nc2ccccc2)c1)/c1ccncc1. The molecular formula is C19H16N2. The maximum Gasteiger partial charge on any atom is 0.0390 e. The van der Waals surface area contributed by atoms with Crippen LogP contribution < -0.4 is 5.32 Å². The topological polar surface area (TPSA) is 24.9 Å². The highest BCUT2D eigenvalue weighted by Gasteiger charge is 1.95. The molecule has 0 aliphatic heterocycles. The maximum atomic E-state index is 4.02. The number of hydrogen-bond acceptors (Lipinski definition) is 2. The van der Waals surface area contributed by atoms with E-state index in [2.05, 4.69) is 58.9 Å². The molecule has 0 radical (unpaired) electrons. The monoisotopic (exact) mass is 272 g/mol. The lowest BCUT2D eigenvalue weighted by Gasteiger charge is -2.06. The van der Waals surface area contributed by atoms with Crippen LogP contribution in [0.2, 0.25) is 0 Å². The van der Waals surface area contributed by atoms with Gasteiger partial charge >= 0.3 is 0 Å².